The van der Waals surface area contributed by atoms with E-state index in [4.69, 9.17) is 4.74 Å². The molecule has 3 nitrogen and oxygen atoms in total. The SMILES string of the molecule is CCCCC(=O)c1ccccc1C(=O)OCc1ccccc1. The number of ketones is 1. The van der Waals surface area contributed by atoms with Gasteiger partial charge in [0.25, 0.3) is 0 Å². The lowest BCUT2D eigenvalue weighted by atomic mass is 10.00. The van der Waals surface area contributed by atoms with Crippen LogP contribution in [-0.4, -0.2) is 11.8 Å². The van der Waals surface area contributed by atoms with Crippen molar-refractivity contribution < 1.29 is 14.3 Å². The first-order valence-corrected chi connectivity index (χ1v) is 7.55. The topological polar surface area (TPSA) is 43.4 Å². The van der Waals surface area contributed by atoms with Crippen LogP contribution < -0.4 is 0 Å². The predicted molar refractivity (Wildman–Crippen MR) is 85.9 cm³/mol. The van der Waals surface area contributed by atoms with Crippen molar-refractivity contribution in [3.63, 3.8) is 0 Å². The molecule has 0 spiro atoms. The summed E-state index contributed by atoms with van der Waals surface area (Å²) in [7, 11) is 0. The van der Waals surface area contributed by atoms with Crippen LogP contribution in [0.4, 0.5) is 0 Å². The van der Waals surface area contributed by atoms with Crippen LogP contribution in [0.15, 0.2) is 54.6 Å². The average Bonchev–Trinajstić information content (AvgIpc) is 2.58. The quantitative estimate of drug-likeness (QED) is 0.561. The second kappa shape index (κ2) is 8.13. The molecule has 2 aromatic carbocycles. The molecule has 0 saturated carbocycles. The van der Waals surface area contributed by atoms with Gasteiger partial charge >= 0.3 is 5.97 Å². The summed E-state index contributed by atoms with van der Waals surface area (Å²) in [5, 5.41) is 0. The highest BCUT2D eigenvalue weighted by molar-refractivity contribution is 6.06. The zero-order valence-corrected chi connectivity index (χ0v) is 12.7. The van der Waals surface area contributed by atoms with E-state index in [0.29, 0.717) is 17.5 Å². The molecule has 22 heavy (non-hydrogen) atoms. The summed E-state index contributed by atoms with van der Waals surface area (Å²) in [6.07, 6.45) is 2.23. The van der Waals surface area contributed by atoms with Gasteiger partial charge in [0, 0.05) is 12.0 Å². The van der Waals surface area contributed by atoms with Crippen LogP contribution in [0.25, 0.3) is 0 Å². The van der Waals surface area contributed by atoms with Crippen molar-refractivity contribution in [3.8, 4) is 0 Å². The maximum atomic E-state index is 12.2. The van der Waals surface area contributed by atoms with Gasteiger partial charge < -0.3 is 4.74 Å². The van der Waals surface area contributed by atoms with Crippen molar-refractivity contribution in [2.45, 2.75) is 32.8 Å². The summed E-state index contributed by atoms with van der Waals surface area (Å²) in [5.74, 6) is -0.460. The Morgan fingerprint density at radius 2 is 1.55 bits per heavy atom. The van der Waals surface area contributed by atoms with E-state index >= 15 is 0 Å². The van der Waals surface area contributed by atoms with E-state index in [0.717, 1.165) is 18.4 Å². The van der Waals surface area contributed by atoms with E-state index in [-0.39, 0.29) is 12.4 Å². The Morgan fingerprint density at radius 1 is 0.909 bits per heavy atom. The van der Waals surface area contributed by atoms with Crippen LogP contribution in [0.1, 0.15) is 52.5 Å². The second-order valence-electron chi connectivity index (χ2n) is 5.13. The molecule has 0 N–H and O–H groups in total. The Kier molecular flexibility index (Phi) is 5.90. The third kappa shape index (κ3) is 4.29. The molecular weight excluding hydrogens is 276 g/mol. The first-order chi connectivity index (χ1) is 10.7. The molecule has 2 aromatic rings. The van der Waals surface area contributed by atoms with Crippen molar-refractivity contribution in [1.82, 2.24) is 0 Å². The number of hydrogen-bond donors (Lipinski definition) is 0. The third-order valence-electron chi connectivity index (χ3n) is 3.42. The number of Topliss-reactive ketones (excluding diaryl/α,β-unsaturated/α-hetero) is 1. The second-order valence-corrected chi connectivity index (χ2v) is 5.13. The standard InChI is InChI=1S/C19H20O3/c1-2-3-13-18(20)16-11-7-8-12-17(16)19(21)22-14-15-9-5-4-6-10-15/h4-12H,2-3,13-14H2,1H3. The zero-order chi connectivity index (χ0) is 15.8. The molecule has 0 fully saturated rings. The van der Waals surface area contributed by atoms with Crippen LogP contribution in [0.5, 0.6) is 0 Å². The van der Waals surface area contributed by atoms with Crippen LogP contribution in [0.3, 0.4) is 0 Å². The Bertz CT molecular complexity index is 632. The molecule has 0 saturated heterocycles. The minimum Gasteiger partial charge on any atom is -0.457 e. The lowest BCUT2D eigenvalue weighted by Crippen LogP contribution is -2.12. The Hall–Kier alpha value is -2.42. The fraction of sp³-hybridized carbons (Fsp3) is 0.263. The summed E-state index contributed by atoms with van der Waals surface area (Å²) in [6.45, 7) is 2.24. The van der Waals surface area contributed by atoms with Crippen LogP contribution in [-0.2, 0) is 11.3 Å². The number of ether oxygens (including phenoxy) is 1. The van der Waals surface area contributed by atoms with Crippen molar-refractivity contribution in [3.05, 3.63) is 71.3 Å². The molecule has 2 rings (SSSR count). The van der Waals surface area contributed by atoms with Gasteiger partial charge in [-0.05, 0) is 18.1 Å². The minimum atomic E-state index is -0.454. The summed E-state index contributed by atoms with van der Waals surface area (Å²) in [4.78, 5) is 24.4. The van der Waals surface area contributed by atoms with Gasteiger partial charge in [-0.25, -0.2) is 4.79 Å². The maximum absolute atomic E-state index is 12.2. The van der Waals surface area contributed by atoms with Gasteiger partial charge in [0.2, 0.25) is 0 Å². The van der Waals surface area contributed by atoms with E-state index in [1.807, 2.05) is 37.3 Å². The molecule has 0 bridgehead atoms. The first-order valence-electron chi connectivity index (χ1n) is 7.55. The van der Waals surface area contributed by atoms with Gasteiger partial charge in [-0.15, -0.1) is 0 Å². The number of hydrogen-bond acceptors (Lipinski definition) is 3. The van der Waals surface area contributed by atoms with Crippen LogP contribution >= 0.6 is 0 Å². The number of unbranched alkanes of at least 4 members (excludes halogenated alkanes) is 1. The van der Waals surface area contributed by atoms with Crippen LogP contribution in [0, 0.1) is 0 Å². The molecule has 114 valence electrons. The number of esters is 1. The van der Waals surface area contributed by atoms with Gasteiger partial charge in [0.15, 0.2) is 5.78 Å². The normalized spacial score (nSPS) is 10.2. The van der Waals surface area contributed by atoms with E-state index in [9.17, 15) is 9.59 Å². The molecule has 0 aliphatic rings. The van der Waals surface area contributed by atoms with Crippen molar-refractivity contribution in [2.75, 3.05) is 0 Å². The summed E-state index contributed by atoms with van der Waals surface area (Å²) in [6, 6.07) is 16.3. The molecule has 0 unspecified atom stereocenters. The molecule has 0 atom stereocenters. The zero-order valence-electron chi connectivity index (χ0n) is 12.7. The number of carbonyl (C=O) groups is 2. The lowest BCUT2D eigenvalue weighted by molar-refractivity contribution is 0.0469. The van der Waals surface area contributed by atoms with Crippen molar-refractivity contribution >= 4 is 11.8 Å². The highest BCUT2D eigenvalue weighted by atomic mass is 16.5. The van der Waals surface area contributed by atoms with E-state index < -0.39 is 5.97 Å². The van der Waals surface area contributed by atoms with Crippen LogP contribution in [0.2, 0.25) is 0 Å². The molecule has 0 aliphatic heterocycles. The molecule has 0 heterocycles. The molecule has 0 radical (unpaired) electrons. The summed E-state index contributed by atoms with van der Waals surface area (Å²) in [5.41, 5.74) is 1.72. The molecule has 3 heteroatoms. The lowest BCUT2D eigenvalue weighted by Gasteiger charge is -2.09. The Morgan fingerprint density at radius 3 is 2.23 bits per heavy atom. The number of rotatable bonds is 7. The third-order valence-corrected chi connectivity index (χ3v) is 3.42. The van der Waals surface area contributed by atoms with Gasteiger partial charge in [-0.3, -0.25) is 4.79 Å². The Labute approximate surface area is 130 Å². The van der Waals surface area contributed by atoms with E-state index in [2.05, 4.69) is 0 Å². The van der Waals surface area contributed by atoms with Gasteiger partial charge in [0.05, 0.1) is 5.56 Å². The number of benzene rings is 2. The summed E-state index contributed by atoms with van der Waals surface area (Å²) < 4.78 is 5.32. The average molecular weight is 296 g/mol. The highest BCUT2D eigenvalue weighted by Gasteiger charge is 2.17. The van der Waals surface area contributed by atoms with Gasteiger partial charge in [0.1, 0.15) is 6.61 Å². The monoisotopic (exact) mass is 296 g/mol. The Balaban J connectivity index is 2.07. The minimum absolute atomic E-state index is 0.00545. The smallest absolute Gasteiger partial charge is 0.339 e. The molecule has 0 aromatic heterocycles. The fourth-order valence-corrected chi connectivity index (χ4v) is 2.18. The largest absolute Gasteiger partial charge is 0.457 e. The van der Waals surface area contributed by atoms with Crippen molar-refractivity contribution in [1.29, 1.82) is 0 Å². The maximum Gasteiger partial charge on any atom is 0.339 e. The van der Waals surface area contributed by atoms with Crippen molar-refractivity contribution in [2.24, 2.45) is 0 Å². The van der Waals surface area contributed by atoms with E-state index in [1.54, 1.807) is 24.3 Å². The fourth-order valence-electron chi connectivity index (χ4n) is 2.18. The van der Waals surface area contributed by atoms with Gasteiger partial charge in [-0.1, -0.05) is 61.9 Å². The van der Waals surface area contributed by atoms with Gasteiger partial charge in [-0.2, -0.15) is 0 Å². The molecule has 0 amide bonds. The van der Waals surface area contributed by atoms with E-state index in [1.165, 1.54) is 0 Å². The summed E-state index contributed by atoms with van der Waals surface area (Å²) >= 11 is 0. The molecule has 0 aliphatic carbocycles. The first kappa shape index (κ1) is 16.0. The highest BCUT2D eigenvalue weighted by Crippen LogP contribution is 2.15. The molecular formula is C19H20O3. The number of carbonyl (C=O) groups excluding carboxylic acids is 2. The predicted octanol–water partition coefficient (Wildman–Crippen LogP) is 4.42.